The number of rotatable bonds is 1. The average Bonchev–Trinajstić information content (AvgIpc) is 2.82. The zero-order chi connectivity index (χ0) is 10.3. The Balaban J connectivity index is 2.11. The molecule has 1 saturated carbocycles. The minimum atomic E-state index is 0.589. The molecule has 0 aliphatic heterocycles. The van der Waals surface area contributed by atoms with Gasteiger partial charge in [0.15, 0.2) is 5.65 Å². The van der Waals surface area contributed by atoms with Gasteiger partial charge in [-0.2, -0.15) is 0 Å². The van der Waals surface area contributed by atoms with Gasteiger partial charge in [0.1, 0.15) is 5.52 Å². The summed E-state index contributed by atoms with van der Waals surface area (Å²) in [6.45, 7) is 0. The molecule has 2 heterocycles. The summed E-state index contributed by atoms with van der Waals surface area (Å²) >= 11 is 0. The number of anilines is 1. The summed E-state index contributed by atoms with van der Waals surface area (Å²) in [5.41, 5.74) is 8.23. The number of nitrogen functional groups attached to an aromatic ring is 1. The number of fused-ring (bicyclic) bond motifs is 1. The molecule has 2 aromatic rings. The molecule has 2 N–H and O–H groups in total. The molecule has 4 heteroatoms. The number of hydrogen-bond acceptors (Lipinski definition) is 3. The van der Waals surface area contributed by atoms with Gasteiger partial charge in [-0.15, -0.1) is 0 Å². The fourth-order valence-corrected chi connectivity index (χ4v) is 2.38. The smallest absolute Gasteiger partial charge is 0.160 e. The van der Waals surface area contributed by atoms with Crippen LogP contribution in [-0.2, 0) is 0 Å². The standard InChI is InChI=1S/C11H14N4/c12-8-5-10-11(13-6-8)15(7-14-10)9-3-1-2-4-9/h5-7,9H,1-4,12H2. The first kappa shape index (κ1) is 8.71. The minimum Gasteiger partial charge on any atom is -0.397 e. The fraction of sp³-hybridized carbons (Fsp3) is 0.455. The van der Waals surface area contributed by atoms with Crippen molar-refractivity contribution in [3.8, 4) is 0 Å². The zero-order valence-corrected chi connectivity index (χ0v) is 8.56. The van der Waals surface area contributed by atoms with Crippen molar-refractivity contribution in [2.75, 3.05) is 5.73 Å². The molecule has 0 atom stereocenters. The lowest BCUT2D eigenvalue weighted by Crippen LogP contribution is -2.03. The number of imidazole rings is 1. The molecular weight excluding hydrogens is 188 g/mol. The van der Waals surface area contributed by atoms with Gasteiger partial charge in [0, 0.05) is 6.04 Å². The van der Waals surface area contributed by atoms with Gasteiger partial charge in [0.2, 0.25) is 0 Å². The van der Waals surface area contributed by atoms with Crippen LogP contribution >= 0.6 is 0 Å². The van der Waals surface area contributed by atoms with E-state index in [0.29, 0.717) is 11.7 Å². The van der Waals surface area contributed by atoms with E-state index in [1.54, 1.807) is 6.20 Å². The first-order valence-corrected chi connectivity index (χ1v) is 5.42. The maximum Gasteiger partial charge on any atom is 0.160 e. The third-order valence-electron chi connectivity index (χ3n) is 3.15. The SMILES string of the molecule is Nc1cnc2c(c1)ncn2C1CCCC1. The molecule has 1 aliphatic carbocycles. The van der Waals surface area contributed by atoms with E-state index in [4.69, 9.17) is 5.73 Å². The number of pyridine rings is 1. The van der Waals surface area contributed by atoms with Crippen LogP contribution in [0.3, 0.4) is 0 Å². The van der Waals surface area contributed by atoms with E-state index in [1.807, 2.05) is 12.4 Å². The molecule has 4 nitrogen and oxygen atoms in total. The number of hydrogen-bond donors (Lipinski definition) is 1. The van der Waals surface area contributed by atoms with Crippen LogP contribution in [0.2, 0.25) is 0 Å². The number of nitrogens with zero attached hydrogens (tertiary/aromatic N) is 3. The quantitative estimate of drug-likeness (QED) is 0.770. The molecule has 0 aromatic carbocycles. The fourth-order valence-electron chi connectivity index (χ4n) is 2.38. The normalized spacial score (nSPS) is 17.6. The second-order valence-corrected chi connectivity index (χ2v) is 4.20. The first-order valence-electron chi connectivity index (χ1n) is 5.42. The van der Waals surface area contributed by atoms with Gasteiger partial charge in [-0.25, -0.2) is 9.97 Å². The molecule has 0 amide bonds. The zero-order valence-electron chi connectivity index (χ0n) is 8.56. The molecule has 0 spiro atoms. The average molecular weight is 202 g/mol. The lowest BCUT2D eigenvalue weighted by atomic mass is 10.2. The van der Waals surface area contributed by atoms with Crippen LogP contribution in [0.4, 0.5) is 5.69 Å². The van der Waals surface area contributed by atoms with E-state index in [2.05, 4.69) is 14.5 Å². The van der Waals surface area contributed by atoms with Crippen molar-refractivity contribution < 1.29 is 0 Å². The van der Waals surface area contributed by atoms with E-state index in [-0.39, 0.29) is 0 Å². The largest absolute Gasteiger partial charge is 0.397 e. The van der Waals surface area contributed by atoms with E-state index in [1.165, 1.54) is 25.7 Å². The summed E-state index contributed by atoms with van der Waals surface area (Å²) in [5, 5.41) is 0. The topological polar surface area (TPSA) is 56.7 Å². The summed E-state index contributed by atoms with van der Waals surface area (Å²) in [7, 11) is 0. The number of nitrogens with two attached hydrogens (primary N) is 1. The molecular formula is C11H14N4. The molecule has 0 bridgehead atoms. The molecule has 0 unspecified atom stereocenters. The highest BCUT2D eigenvalue weighted by Gasteiger charge is 2.19. The van der Waals surface area contributed by atoms with Crippen LogP contribution in [0.15, 0.2) is 18.6 Å². The van der Waals surface area contributed by atoms with Crippen LogP contribution in [0.1, 0.15) is 31.7 Å². The molecule has 1 fully saturated rings. The number of aromatic nitrogens is 3. The van der Waals surface area contributed by atoms with Gasteiger partial charge in [0.05, 0.1) is 18.2 Å². The second kappa shape index (κ2) is 3.22. The van der Waals surface area contributed by atoms with E-state index in [9.17, 15) is 0 Å². The van der Waals surface area contributed by atoms with E-state index >= 15 is 0 Å². The van der Waals surface area contributed by atoms with Gasteiger partial charge < -0.3 is 10.3 Å². The van der Waals surface area contributed by atoms with Gasteiger partial charge in [-0.3, -0.25) is 0 Å². The summed E-state index contributed by atoms with van der Waals surface area (Å²) in [6.07, 6.45) is 8.73. The van der Waals surface area contributed by atoms with Crippen molar-refractivity contribution in [3.05, 3.63) is 18.6 Å². The molecule has 2 aromatic heterocycles. The summed E-state index contributed by atoms with van der Waals surface area (Å²) < 4.78 is 2.20. The Hall–Kier alpha value is -1.58. The molecule has 0 radical (unpaired) electrons. The van der Waals surface area contributed by atoms with Gasteiger partial charge in [-0.05, 0) is 18.9 Å². The predicted octanol–water partition coefficient (Wildman–Crippen LogP) is 2.13. The molecule has 3 rings (SSSR count). The lowest BCUT2D eigenvalue weighted by Gasteiger charge is -2.10. The Morgan fingerprint density at radius 1 is 1.27 bits per heavy atom. The second-order valence-electron chi connectivity index (χ2n) is 4.20. The Labute approximate surface area is 88.1 Å². The lowest BCUT2D eigenvalue weighted by molar-refractivity contribution is 0.529. The molecule has 1 aliphatic rings. The minimum absolute atomic E-state index is 0.589. The Bertz CT molecular complexity index is 482. The first-order chi connectivity index (χ1) is 7.34. The van der Waals surface area contributed by atoms with E-state index in [0.717, 1.165) is 11.2 Å². The van der Waals surface area contributed by atoms with Crippen molar-refractivity contribution in [1.29, 1.82) is 0 Å². The van der Waals surface area contributed by atoms with Crippen LogP contribution in [0.25, 0.3) is 11.2 Å². The van der Waals surface area contributed by atoms with Crippen molar-refractivity contribution in [3.63, 3.8) is 0 Å². The maximum atomic E-state index is 5.67. The van der Waals surface area contributed by atoms with Crippen molar-refractivity contribution >= 4 is 16.9 Å². The highest BCUT2D eigenvalue weighted by atomic mass is 15.1. The van der Waals surface area contributed by atoms with E-state index < -0.39 is 0 Å². The highest BCUT2D eigenvalue weighted by Crippen LogP contribution is 2.31. The van der Waals surface area contributed by atoms with Crippen LogP contribution < -0.4 is 5.73 Å². The van der Waals surface area contributed by atoms with Crippen molar-refractivity contribution in [2.24, 2.45) is 0 Å². The van der Waals surface area contributed by atoms with Crippen molar-refractivity contribution in [1.82, 2.24) is 14.5 Å². The van der Waals surface area contributed by atoms with Crippen LogP contribution in [0, 0.1) is 0 Å². The van der Waals surface area contributed by atoms with Crippen LogP contribution in [-0.4, -0.2) is 14.5 Å². The third kappa shape index (κ3) is 1.37. The van der Waals surface area contributed by atoms with Gasteiger partial charge in [-0.1, -0.05) is 12.8 Å². The Morgan fingerprint density at radius 2 is 2.07 bits per heavy atom. The summed E-state index contributed by atoms with van der Waals surface area (Å²) in [5.74, 6) is 0. The maximum absolute atomic E-state index is 5.67. The van der Waals surface area contributed by atoms with Crippen molar-refractivity contribution in [2.45, 2.75) is 31.7 Å². The Morgan fingerprint density at radius 3 is 2.87 bits per heavy atom. The molecule has 0 saturated heterocycles. The van der Waals surface area contributed by atoms with Gasteiger partial charge in [0.25, 0.3) is 0 Å². The molecule has 78 valence electrons. The predicted molar refractivity (Wildman–Crippen MR) is 59.4 cm³/mol. The third-order valence-corrected chi connectivity index (χ3v) is 3.15. The monoisotopic (exact) mass is 202 g/mol. The summed E-state index contributed by atoms with van der Waals surface area (Å²) in [6, 6.07) is 2.47. The Kier molecular flexibility index (Phi) is 1.87. The van der Waals surface area contributed by atoms with Crippen LogP contribution in [0.5, 0.6) is 0 Å². The summed E-state index contributed by atoms with van der Waals surface area (Å²) in [4.78, 5) is 8.71. The highest BCUT2D eigenvalue weighted by molar-refractivity contribution is 5.74. The van der Waals surface area contributed by atoms with Gasteiger partial charge >= 0.3 is 0 Å². The molecule has 15 heavy (non-hydrogen) atoms.